The fourth-order valence-electron chi connectivity index (χ4n) is 7.67. The summed E-state index contributed by atoms with van der Waals surface area (Å²) in [4.78, 5) is 43.5. The second-order valence-corrected chi connectivity index (χ2v) is 18.6. The van der Waals surface area contributed by atoms with E-state index >= 15 is 0 Å². The quantitative estimate of drug-likeness (QED) is 0.0154. The van der Waals surface area contributed by atoms with Gasteiger partial charge in [-0.1, -0.05) is 218 Å². The summed E-state index contributed by atoms with van der Waals surface area (Å²) in [5.41, 5.74) is 2.38. The zero-order chi connectivity index (χ0) is 48.7. The average Bonchev–Trinajstić information content (AvgIpc) is 3.30. The number of allylic oxidation sites excluding steroid dienone is 2. The van der Waals surface area contributed by atoms with Crippen LogP contribution in [-0.2, 0) is 28.7 Å². The van der Waals surface area contributed by atoms with Crippen molar-refractivity contribution in [2.75, 3.05) is 40.0 Å². The van der Waals surface area contributed by atoms with Crippen molar-refractivity contribution in [3.8, 4) is 0 Å². The molecule has 0 aromatic rings. The van der Waals surface area contributed by atoms with Crippen molar-refractivity contribution in [1.82, 2.24) is 11.0 Å². The molecule has 0 aromatic carbocycles. The maximum absolute atomic E-state index is 11.8. The van der Waals surface area contributed by atoms with Crippen LogP contribution in [0.3, 0.4) is 0 Å². The largest absolute Gasteiger partial charge is 0.481 e. The molecule has 1 aliphatic rings. The van der Waals surface area contributed by atoms with Crippen molar-refractivity contribution in [2.24, 2.45) is 0 Å². The Kier molecular flexibility index (Phi) is 57.1. The number of carboxylic acid groups (broad SMARTS) is 1. The Morgan fingerprint density at radius 2 is 1.06 bits per heavy atom. The van der Waals surface area contributed by atoms with Crippen LogP contribution in [0, 0.1) is 0 Å². The van der Waals surface area contributed by atoms with Crippen LogP contribution in [0.25, 0.3) is 0 Å². The van der Waals surface area contributed by atoms with E-state index in [9.17, 15) is 14.4 Å². The molecule has 11 nitrogen and oxygen atoms in total. The van der Waals surface area contributed by atoms with Gasteiger partial charge in [0.2, 0.25) is 0 Å². The van der Waals surface area contributed by atoms with E-state index in [0.717, 1.165) is 70.8 Å². The summed E-state index contributed by atoms with van der Waals surface area (Å²) in [5.74, 6) is -1.19. The molecular formula is C54H107BN3O8+. The Morgan fingerprint density at radius 3 is 1.52 bits per heavy atom. The molecule has 388 valence electrons. The lowest BCUT2D eigenvalue weighted by atomic mass is 9.89. The first-order chi connectivity index (χ1) is 32.3. The van der Waals surface area contributed by atoms with E-state index in [4.69, 9.17) is 32.1 Å². The van der Waals surface area contributed by atoms with Gasteiger partial charge >= 0.3 is 18.0 Å². The van der Waals surface area contributed by atoms with E-state index in [2.05, 4.69) is 37.0 Å². The molecule has 1 rings (SSSR count). The molecule has 66 heavy (non-hydrogen) atoms. The molecule has 12 heteroatoms. The highest BCUT2D eigenvalue weighted by Gasteiger charge is 2.14. The Morgan fingerprint density at radius 1 is 0.606 bits per heavy atom. The maximum atomic E-state index is 11.8. The number of unbranched alkanes of at least 4 members (excludes halogenated alkanes) is 28. The number of likely N-dealkylation sites (N-methyl/N-ethyl adjacent to an activating group) is 1. The van der Waals surface area contributed by atoms with Crippen LogP contribution in [0.1, 0.15) is 265 Å². The number of aliphatic carboxylic acids is 1. The average molecular weight is 937 g/mol. The first-order valence-electron chi connectivity index (χ1n) is 27.8. The van der Waals surface area contributed by atoms with E-state index in [1.165, 1.54) is 167 Å². The van der Waals surface area contributed by atoms with Gasteiger partial charge in [-0.3, -0.25) is 19.3 Å². The minimum Gasteiger partial charge on any atom is -0.481 e. The number of nitrogens with two attached hydrogens (primary N) is 1. The van der Waals surface area contributed by atoms with Crippen molar-refractivity contribution < 1.29 is 44.0 Å². The Bertz CT molecular complexity index is 1040. The topological polar surface area (TPSA) is 149 Å². The molecule has 0 heterocycles. The predicted octanol–water partition coefficient (Wildman–Crippen LogP) is 13.7. The zero-order valence-electron chi connectivity index (χ0n) is 43.7. The lowest BCUT2D eigenvalue weighted by Gasteiger charge is -2.18. The van der Waals surface area contributed by atoms with Gasteiger partial charge in [0.15, 0.2) is 0 Å². The van der Waals surface area contributed by atoms with Gasteiger partial charge in [-0.15, -0.1) is 0 Å². The molecule has 0 spiro atoms. The number of hydrogen-bond donors (Lipinski definition) is 4. The predicted molar refractivity (Wildman–Crippen MR) is 276 cm³/mol. The molecular weight excluding hydrogens is 829 g/mol. The van der Waals surface area contributed by atoms with Crippen LogP contribution in [-0.4, -0.2) is 77.0 Å². The number of quaternary nitrogens is 1. The fraction of sp³-hybridized carbons (Fsp3) is 0.907. The third kappa shape index (κ3) is 58.0. The number of carbonyl (C=O) groups is 3. The first kappa shape index (κ1) is 65.9. The van der Waals surface area contributed by atoms with Crippen LogP contribution in [0.2, 0.25) is 5.82 Å². The molecule has 0 saturated heterocycles. The molecule has 2 radical (unpaired) electrons. The van der Waals surface area contributed by atoms with E-state index in [0.29, 0.717) is 26.0 Å². The number of carboxylic acids is 1. The maximum Gasteiger partial charge on any atom is 0.407 e. The molecule has 1 aliphatic carbocycles. The van der Waals surface area contributed by atoms with E-state index in [1.54, 1.807) is 0 Å². The number of amides is 1. The van der Waals surface area contributed by atoms with Gasteiger partial charge < -0.3 is 25.2 Å². The highest BCUT2D eigenvalue weighted by molar-refractivity contribution is 6.11. The van der Waals surface area contributed by atoms with Crippen molar-refractivity contribution in [2.45, 2.75) is 277 Å². The fourth-order valence-corrected chi connectivity index (χ4v) is 7.67. The lowest BCUT2D eigenvalue weighted by Crippen LogP contribution is -2.80. The molecule has 0 aliphatic heterocycles. The minimum absolute atomic E-state index is 0.104. The van der Waals surface area contributed by atoms with Gasteiger partial charge in [0.05, 0.1) is 28.1 Å². The summed E-state index contributed by atoms with van der Waals surface area (Å²) < 4.78 is 10.5. The van der Waals surface area contributed by atoms with Crippen LogP contribution < -0.4 is 16.3 Å². The van der Waals surface area contributed by atoms with E-state index in [1.807, 2.05) is 19.3 Å². The van der Waals surface area contributed by atoms with Crippen LogP contribution in [0.15, 0.2) is 12.2 Å². The van der Waals surface area contributed by atoms with E-state index in [-0.39, 0.29) is 37.2 Å². The Balaban J connectivity index is 0. The number of hydrogen-bond acceptors (Lipinski definition) is 8. The second-order valence-electron chi connectivity index (χ2n) is 18.6. The van der Waals surface area contributed by atoms with Crippen molar-refractivity contribution in [1.29, 1.82) is 0 Å². The number of carbonyl (C=O) groups excluding carboxylic acids is 2. The standard InChI is InChI=1S/C24H49BN2O4.C18H36O2.C12H21NO2/c1-3-4-5-6-7-8-9-10-11-12-13-14-15-16-17-18-24(28)29-21-23(25)22-31-27-30-20-19-26-2;1-2-3-4-5-6-7-8-9-10-11-12-13-14-15-16-17-18(19)20;1-2-10-13-12(14)15-11-8-6-4-3-5-7-9-11/h23,26-27H,3-22H2,1-2H3;2-17H2,1H3,(H,19,20);3-4,11H,2,5-10H2,1H3,(H,13,14)/p+1/b;;4-3+. The van der Waals surface area contributed by atoms with Crippen LogP contribution in [0.5, 0.6) is 0 Å². The molecule has 2 unspecified atom stereocenters. The highest BCUT2D eigenvalue weighted by atomic mass is 16.9. The molecule has 5 N–H and O–H groups in total. The zero-order valence-corrected chi connectivity index (χ0v) is 43.7. The van der Waals surface area contributed by atoms with Gasteiger partial charge in [0.1, 0.15) is 19.3 Å². The monoisotopic (exact) mass is 937 g/mol. The van der Waals surface area contributed by atoms with Crippen molar-refractivity contribution >= 4 is 25.9 Å². The molecule has 1 amide bonds. The number of rotatable bonds is 44. The molecule has 2 atom stereocenters. The number of alkyl carbamates (subject to hydrolysis) is 1. The van der Waals surface area contributed by atoms with Gasteiger partial charge in [-0.2, -0.15) is 0 Å². The highest BCUT2D eigenvalue weighted by Crippen LogP contribution is 2.17. The van der Waals surface area contributed by atoms with Crippen molar-refractivity contribution in [3.05, 3.63) is 12.2 Å². The Labute approximate surface area is 408 Å². The third-order valence-electron chi connectivity index (χ3n) is 11.9. The van der Waals surface area contributed by atoms with Gasteiger partial charge in [0.25, 0.3) is 0 Å². The molecule has 0 saturated carbocycles. The van der Waals surface area contributed by atoms with E-state index < -0.39 is 5.97 Å². The summed E-state index contributed by atoms with van der Waals surface area (Å²) in [6.07, 6.45) is 50.8. The SMILES string of the molecule is CCCCCCCCCCCCCCCCCC(=O)O.CCCNC(=O)OC1CC/C=C/CCC1.[B]C(CONOCC[NH2+]C)COC(=O)CCCCCCCCCCCCCCCCC. The van der Waals surface area contributed by atoms with Gasteiger partial charge in [-0.25, -0.2) is 4.79 Å². The van der Waals surface area contributed by atoms with Gasteiger partial charge in [-0.05, 0) is 57.2 Å². The van der Waals surface area contributed by atoms with Crippen LogP contribution >= 0.6 is 0 Å². The normalized spacial score (nSPS) is 14.4. The lowest BCUT2D eigenvalue weighted by molar-refractivity contribution is -0.629. The summed E-state index contributed by atoms with van der Waals surface area (Å²) in [6, 6.07) is 0. The minimum atomic E-state index is -0.653. The molecule has 0 aromatic heterocycles. The Hall–Kier alpha value is -2.15. The number of esters is 1. The summed E-state index contributed by atoms with van der Waals surface area (Å²) in [5, 5.41) is 13.3. The third-order valence-corrected chi connectivity index (χ3v) is 11.9. The first-order valence-corrected chi connectivity index (χ1v) is 27.8. The molecule has 0 bridgehead atoms. The van der Waals surface area contributed by atoms with Crippen molar-refractivity contribution in [3.63, 3.8) is 0 Å². The van der Waals surface area contributed by atoms with Gasteiger partial charge in [0, 0.05) is 19.4 Å². The summed E-state index contributed by atoms with van der Waals surface area (Å²) in [7, 11) is 7.81. The van der Waals surface area contributed by atoms with Crippen LogP contribution in [0.4, 0.5) is 4.79 Å². The summed E-state index contributed by atoms with van der Waals surface area (Å²) in [6.45, 7) is 9.05. The second kappa shape index (κ2) is 57.2. The smallest absolute Gasteiger partial charge is 0.407 e. The number of nitrogens with one attached hydrogen (secondary N) is 2. The number of ether oxygens (including phenoxy) is 2. The molecule has 0 fully saturated rings. The summed E-state index contributed by atoms with van der Waals surface area (Å²) >= 11 is 0.